The van der Waals surface area contributed by atoms with E-state index in [1.54, 1.807) is 0 Å². The van der Waals surface area contributed by atoms with Gasteiger partial charge in [-0.25, -0.2) is 0 Å². The third kappa shape index (κ3) is 10.4. The van der Waals surface area contributed by atoms with Crippen LogP contribution in [-0.4, -0.2) is 52.5 Å². The molecule has 1 aliphatic rings. The number of carboxylic acids is 1. The SMILES string of the molecule is CCCOCCc1cccc(C[C@@H](O)CC[C@H]2[C@H](O)CC(=O)[C@@H]2CCCCCCC(=O)O)c1. The Labute approximate surface area is 198 Å². The molecule has 6 heteroatoms. The number of hydrogen-bond donors (Lipinski definition) is 3. The van der Waals surface area contributed by atoms with Crippen molar-refractivity contribution in [2.24, 2.45) is 11.8 Å². The third-order valence-corrected chi connectivity index (χ3v) is 6.67. The van der Waals surface area contributed by atoms with Crippen LogP contribution in [-0.2, 0) is 27.2 Å². The van der Waals surface area contributed by atoms with E-state index in [-0.39, 0.29) is 30.5 Å². The van der Waals surface area contributed by atoms with Crippen LogP contribution < -0.4 is 0 Å². The number of ether oxygens (including phenoxy) is 1. The summed E-state index contributed by atoms with van der Waals surface area (Å²) in [6.45, 7) is 3.57. The van der Waals surface area contributed by atoms with Gasteiger partial charge >= 0.3 is 5.97 Å². The van der Waals surface area contributed by atoms with Crippen LogP contribution in [0.5, 0.6) is 0 Å². The van der Waals surface area contributed by atoms with Crippen molar-refractivity contribution in [3.05, 3.63) is 35.4 Å². The number of aliphatic hydroxyl groups is 2. The van der Waals surface area contributed by atoms with Crippen LogP contribution in [0.25, 0.3) is 0 Å². The molecule has 33 heavy (non-hydrogen) atoms. The lowest BCUT2D eigenvalue weighted by Crippen LogP contribution is -2.23. The van der Waals surface area contributed by atoms with Gasteiger partial charge in [-0.15, -0.1) is 0 Å². The van der Waals surface area contributed by atoms with Gasteiger partial charge < -0.3 is 20.1 Å². The van der Waals surface area contributed by atoms with Gasteiger partial charge in [0.2, 0.25) is 0 Å². The van der Waals surface area contributed by atoms with Gasteiger partial charge in [-0.3, -0.25) is 9.59 Å². The van der Waals surface area contributed by atoms with Gasteiger partial charge in [0.15, 0.2) is 0 Å². The third-order valence-electron chi connectivity index (χ3n) is 6.67. The van der Waals surface area contributed by atoms with E-state index >= 15 is 0 Å². The Kier molecular flexibility index (Phi) is 12.7. The largest absolute Gasteiger partial charge is 0.481 e. The van der Waals surface area contributed by atoms with E-state index in [2.05, 4.69) is 19.1 Å². The van der Waals surface area contributed by atoms with Crippen LogP contribution >= 0.6 is 0 Å². The summed E-state index contributed by atoms with van der Waals surface area (Å²) in [5, 5.41) is 29.7. The van der Waals surface area contributed by atoms with Crippen LogP contribution in [0.15, 0.2) is 24.3 Å². The fourth-order valence-electron chi connectivity index (χ4n) is 4.89. The first-order valence-corrected chi connectivity index (χ1v) is 12.7. The maximum Gasteiger partial charge on any atom is 0.303 e. The highest BCUT2D eigenvalue weighted by Crippen LogP contribution is 2.36. The molecule has 1 aromatic rings. The molecule has 0 bridgehead atoms. The number of carboxylic acid groups (broad SMARTS) is 1. The minimum atomic E-state index is -0.768. The zero-order valence-corrected chi connectivity index (χ0v) is 20.1. The molecule has 0 saturated heterocycles. The summed E-state index contributed by atoms with van der Waals surface area (Å²) in [5.41, 5.74) is 2.30. The second kappa shape index (κ2) is 15.2. The van der Waals surface area contributed by atoms with Gasteiger partial charge in [-0.1, -0.05) is 50.5 Å². The number of rotatable bonds is 17. The topological polar surface area (TPSA) is 104 Å². The van der Waals surface area contributed by atoms with E-state index in [1.165, 1.54) is 5.56 Å². The number of aliphatic carboxylic acids is 1. The van der Waals surface area contributed by atoms with E-state index in [0.29, 0.717) is 32.3 Å². The van der Waals surface area contributed by atoms with Crippen molar-refractivity contribution in [3.63, 3.8) is 0 Å². The van der Waals surface area contributed by atoms with Gasteiger partial charge in [0, 0.05) is 25.4 Å². The number of unbranched alkanes of at least 4 members (excludes halogenated alkanes) is 3. The molecule has 3 N–H and O–H groups in total. The van der Waals surface area contributed by atoms with E-state index < -0.39 is 18.2 Å². The van der Waals surface area contributed by atoms with Crippen LogP contribution in [0.4, 0.5) is 0 Å². The fraction of sp³-hybridized carbons (Fsp3) is 0.704. The van der Waals surface area contributed by atoms with Crippen molar-refractivity contribution >= 4 is 11.8 Å². The molecule has 0 heterocycles. The highest BCUT2D eigenvalue weighted by atomic mass is 16.5. The molecule has 0 aromatic heterocycles. The standard InChI is InChI=1S/C27H42O6/c1-2-15-33-16-14-20-8-7-9-21(17-20)18-22(28)12-13-24-23(25(29)19-26(24)30)10-5-3-4-6-11-27(31)32/h7-9,17,22-24,26,28,30H,2-6,10-16,18-19H2,1H3,(H,31,32)/t22-,23+,24+,26+/m0/s1. The second-order valence-electron chi connectivity index (χ2n) is 9.47. The Bertz CT molecular complexity index is 718. The lowest BCUT2D eigenvalue weighted by Gasteiger charge is -2.22. The highest BCUT2D eigenvalue weighted by Gasteiger charge is 2.40. The summed E-state index contributed by atoms with van der Waals surface area (Å²) in [4.78, 5) is 23.0. The molecule has 0 spiro atoms. The Balaban J connectivity index is 1.75. The first kappa shape index (κ1) is 27.5. The monoisotopic (exact) mass is 462 g/mol. The highest BCUT2D eigenvalue weighted by molar-refractivity contribution is 5.84. The van der Waals surface area contributed by atoms with E-state index in [4.69, 9.17) is 9.84 Å². The molecule has 1 fully saturated rings. The number of Topliss-reactive ketones (excluding diaryl/α,β-unsaturated/α-hetero) is 1. The molecule has 4 atom stereocenters. The van der Waals surface area contributed by atoms with Crippen molar-refractivity contribution in [2.45, 2.75) is 96.2 Å². The minimum absolute atomic E-state index is 0.0896. The average Bonchev–Trinajstić information content (AvgIpc) is 3.04. The number of hydrogen-bond acceptors (Lipinski definition) is 5. The summed E-state index contributed by atoms with van der Waals surface area (Å²) in [5.74, 6) is -0.868. The Morgan fingerprint density at radius 1 is 1.12 bits per heavy atom. The summed E-state index contributed by atoms with van der Waals surface area (Å²) < 4.78 is 5.56. The van der Waals surface area contributed by atoms with Crippen LogP contribution in [0, 0.1) is 11.8 Å². The molecule has 1 aliphatic carbocycles. The summed E-state index contributed by atoms with van der Waals surface area (Å²) in [6.07, 6.45) is 6.96. The van der Waals surface area contributed by atoms with Crippen molar-refractivity contribution in [3.8, 4) is 0 Å². The lowest BCUT2D eigenvalue weighted by atomic mass is 9.85. The average molecular weight is 463 g/mol. The number of carbonyl (C=O) groups is 2. The van der Waals surface area contributed by atoms with Crippen molar-refractivity contribution in [2.75, 3.05) is 13.2 Å². The molecule has 0 radical (unpaired) electrons. The zero-order valence-electron chi connectivity index (χ0n) is 20.1. The van der Waals surface area contributed by atoms with Gasteiger partial charge in [-0.05, 0) is 62.0 Å². The van der Waals surface area contributed by atoms with Gasteiger partial charge in [0.25, 0.3) is 0 Å². The predicted molar refractivity (Wildman–Crippen MR) is 128 cm³/mol. The maximum atomic E-state index is 12.4. The molecular formula is C27H42O6. The molecular weight excluding hydrogens is 420 g/mol. The quantitative estimate of drug-likeness (QED) is 0.298. The molecule has 1 saturated carbocycles. The first-order valence-electron chi connectivity index (χ1n) is 12.7. The second-order valence-corrected chi connectivity index (χ2v) is 9.47. The van der Waals surface area contributed by atoms with Crippen LogP contribution in [0.1, 0.15) is 82.3 Å². The Morgan fingerprint density at radius 2 is 1.88 bits per heavy atom. The molecule has 186 valence electrons. The molecule has 0 aliphatic heterocycles. The number of ketones is 1. The van der Waals surface area contributed by atoms with Crippen molar-refractivity contribution in [1.29, 1.82) is 0 Å². The predicted octanol–water partition coefficient (Wildman–Crippen LogP) is 4.33. The van der Waals surface area contributed by atoms with Gasteiger partial charge in [0.1, 0.15) is 5.78 Å². The first-order chi connectivity index (χ1) is 15.9. The van der Waals surface area contributed by atoms with Crippen molar-refractivity contribution in [1.82, 2.24) is 0 Å². The molecule has 0 unspecified atom stereocenters. The fourth-order valence-corrected chi connectivity index (χ4v) is 4.89. The molecule has 1 aromatic carbocycles. The maximum absolute atomic E-state index is 12.4. The van der Waals surface area contributed by atoms with Gasteiger partial charge in [-0.2, -0.15) is 0 Å². The van der Waals surface area contributed by atoms with E-state index in [9.17, 15) is 19.8 Å². The van der Waals surface area contributed by atoms with Crippen molar-refractivity contribution < 1.29 is 29.6 Å². The van der Waals surface area contributed by atoms with Crippen LogP contribution in [0.2, 0.25) is 0 Å². The smallest absolute Gasteiger partial charge is 0.303 e. The molecule has 2 rings (SSSR count). The van der Waals surface area contributed by atoms with Crippen LogP contribution in [0.3, 0.4) is 0 Å². The van der Waals surface area contributed by atoms with E-state index in [1.807, 2.05) is 12.1 Å². The number of aliphatic hydroxyl groups excluding tert-OH is 2. The lowest BCUT2D eigenvalue weighted by molar-refractivity contribution is -0.137. The Hall–Kier alpha value is -1.76. The Morgan fingerprint density at radius 3 is 2.64 bits per heavy atom. The summed E-state index contributed by atoms with van der Waals surface area (Å²) in [7, 11) is 0. The normalized spacial score (nSPS) is 21.4. The summed E-state index contributed by atoms with van der Waals surface area (Å²) >= 11 is 0. The number of carbonyl (C=O) groups excluding carboxylic acids is 1. The van der Waals surface area contributed by atoms with E-state index in [0.717, 1.165) is 50.7 Å². The molecule has 0 amide bonds. The number of benzene rings is 1. The van der Waals surface area contributed by atoms with Gasteiger partial charge in [0.05, 0.1) is 18.8 Å². The zero-order chi connectivity index (χ0) is 24.1. The minimum Gasteiger partial charge on any atom is -0.481 e. The molecule has 6 nitrogen and oxygen atoms in total. The summed E-state index contributed by atoms with van der Waals surface area (Å²) in [6, 6.07) is 8.25.